The number of hydrogen-bond acceptors (Lipinski definition) is 5. The minimum absolute atomic E-state index is 0.0629. The van der Waals surface area contributed by atoms with Gasteiger partial charge < -0.3 is 9.30 Å². The first-order valence-corrected chi connectivity index (χ1v) is 8.80. The number of rotatable bonds is 3. The molecule has 0 N–H and O–H groups in total. The average Bonchev–Trinajstić information content (AvgIpc) is 3.17. The molecule has 5 nitrogen and oxygen atoms in total. The van der Waals surface area contributed by atoms with Crippen LogP contribution in [-0.4, -0.2) is 39.1 Å². The Bertz CT molecular complexity index is 817. The standard InChI is InChI=1S/C16H17ClN4OS/c1-20-13-3-2-11(17)8-12(13)19-15(20)10-21-5-6-22-14(9-21)16-18-4-7-23-16/h2-4,7-8,14H,5-6,9-10H2,1H3/t14-/m1/s1. The van der Waals surface area contributed by atoms with Gasteiger partial charge in [-0.15, -0.1) is 11.3 Å². The van der Waals surface area contributed by atoms with E-state index < -0.39 is 0 Å². The van der Waals surface area contributed by atoms with Crippen LogP contribution < -0.4 is 0 Å². The van der Waals surface area contributed by atoms with Gasteiger partial charge in [-0.05, 0) is 18.2 Å². The molecule has 3 aromatic rings. The summed E-state index contributed by atoms with van der Waals surface area (Å²) in [6, 6.07) is 5.84. The number of halogens is 1. The first kappa shape index (κ1) is 15.1. The molecule has 2 aromatic heterocycles. The van der Waals surface area contributed by atoms with Crippen molar-refractivity contribution >= 4 is 34.0 Å². The molecule has 1 saturated heterocycles. The van der Waals surface area contributed by atoms with Gasteiger partial charge in [0.1, 0.15) is 16.9 Å². The summed E-state index contributed by atoms with van der Waals surface area (Å²) in [5.74, 6) is 1.04. The van der Waals surface area contributed by atoms with Gasteiger partial charge in [0.2, 0.25) is 0 Å². The second kappa shape index (κ2) is 6.20. The number of hydrogen-bond donors (Lipinski definition) is 0. The van der Waals surface area contributed by atoms with Gasteiger partial charge in [0.25, 0.3) is 0 Å². The number of ether oxygens (including phenoxy) is 1. The van der Waals surface area contributed by atoms with Crippen molar-refractivity contribution in [1.82, 2.24) is 19.4 Å². The summed E-state index contributed by atoms with van der Waals surface area (Å²) in [6.45, 7) is 3.28. The lowest BCUT2D eigenvalue weighted by atomic mass is 10.3. The first-order valence-electron chi connectivity index (χ1n) is 7.55. The highest BCUT2D eigenvalue weighted by Crippen LogP contribution is 2.25. The maximum Gasteiger partial charge on any atom is 0.123 e. The normalized spacial score (nSPS) is 19.5. The Morgan fingerprint density at radius 3 is 3.17 bits per heavy atom. The van der Waals surface area contributed by atoms with Crippen LogP contribution in [0.15, 0.2) is 29.8 Å². The molecule has 1 fully saturated rings. The molecule has 0 spiro atoms. The molecule has 1 aliphatic rings. The molecule has 23 heavy (non-hydrogen) atoms. The Labute approximate surface area is 143 Å². The van der Waals surface area contributed by atoms with Crippen LogP contribution in [0.4, 0.5) is 0 Å². The highest BCUT2D eigenvalue weighted by atomic mass is 35.5. The first-order chi connectivity index (χ1) is 11.2. The second-order valence-electron chi connectivity index (χ2n) is 5.68. The van der Waals surface area contributed by atoms with Gasteiger partial charge in [0, 0.05) is 36.7 Å². The molecule has 0 bridgehead atoms. The molecule has 3 heterocycles. The van der Waals surface area contributed by atoms with Crippen molar-refractivity contribution in [2.45, 2.75) is 12.6 Å². The van der Waals surface area contributed by atoms with Crippen molar-refractivity contribution in [2.75, 3.05) is 19.7 Å². The Hall–Kier alpha value is -1.47. The highest BCUT2D eigenvalue weighted by Gasteiger charge is 2.25. The minimum atomic E-state index is 0.0629. The Balaban J connectivity index is 1.54. The third-order valence-corrected chi connectivity index (χ3v) is 5.28. The molecule has 7 heteroatoms. The fraction of sp³-hybridized carbons (Fsp3) is 0.375. The number of aryl methyl sites for hydroxylation is 1. The lowest BCUT2D eigenvalue weighted by molar-refractivity contribution is -0.0339. The van der Waals surface area contributed by atoms with Crippen LogP contribution in [0, 0.1) is 0 Å². The zero-order valence-electron chi connectivity index (χ0n) is 12.8. The average molecular weight is 349 g/mol. The molecule has 120 valence electrons. The van der Waals surface area contributed by atoms with Gasteiger partial charge in [-0.1, -0.05) is 11.6 Å². The van der Waals surface area contributed by atoms with E-state index in [-0.39, 0.29) is 6.10 Å². The predicted octanol–water partition coefficient (Wildman–Crippen LogP) is 3.26. The lowest BCUT2D eigenvalue weighted by Crippen LogP contribution is -2.38. The molecule has 0 aliphatic carbocycles. The molecule has 0 radical (unpaired) electrons. The Kier molecular flexibility index (Phi) is 4.07. The fourth-order valence-corrected chi connectivity index (χ4v) is 3.80. The van der Waals surface area contributed by atoms with Gasteiger partial charge in [-0.3, -0.25) is 4.90 Å². The molecule has 1 atom stereocenters. The molecular weight excluding hydrogens is 332 g/mol. The largest absolute Gasteiger partial charge is 0.368 e. The molecule has 1 aromatic carbocycles. The van der Waals surface area contributed by atoms with E-state index in [4.69, 9.17) is 21.3 Å². The molecule has 0 unspecified atom stereocenters. The summed E-state index contributed by atoms with van der Waals surface area (Å²) in [6.07, 6.45) is 1.89. The van der Waals surface area contributed by atoms with Crippen LogP contribution in [0.2, 0.25) is 5.02 Å². The number of fused-ring (bicyclic) bond motifs is 1. The summed E-state index contributed by atoms with van der Waals surface area (Å²) in [7, 11) is 2.05. The lowest BCUT2D eigenvalue weighted by Gasteiger charge is -2.31. The number of nitrogens with zero attached hydrogens (tertiary/aromatic N) is 4. The van der Waals surface area contributed by atoms with Crippen molar-refractivity contribution in [1.29, 1.82) is 0 Å². The maximum atomic E-state index is 6.07. The zero-order chi connectivity index (χ0) is 15.8. The van der Waals surface area contributed by atoms with Crippen LogP contribution in [0.5, 0.6) is 0 Å². The second-order valence-corrected chi connectivity index (χ2v) is 7.05. The SMILES string of the molecule is Cn1c(CN2CCO[C@@H](c3nccs3)C2)nc2cc(Cl)ccc21. The van der Waals surface area contributed by atoms with Crippen molar-refractivity contribution in [2.24, 2.45) is 7.05 Å². The van der Waals surface area contributed by atoms with E-state index in [0.29, 0.717) is 0 Å². The zero-order valence-corrected chi connectivity index (χ0v) is 14.3. The van der Waals surface area contributed by atoms with E-state index >= 15 is 0 Å². The van der Waals surface area contributed by atoms with Crippen molar-refractivity contribution < 1.29 is 4.74 Å². The number of thiazole rings is 1. The topological polar surface area (TPSA) is 43.2 Å². The highest BCUT2D eigenvalue weighted by molar-refractivity contribution is 7.09. The number of benzene rings is 1. The molecule has 0 saturated carbocycles. The Morgan fingerprint density at radius 2 is 2.35 bits per heavy atom. The molecule has 0 amide bonds. The van der Waals surface area contributed by atoms with Gasteiger partial charge in [0.15, 0.2) is 0 Å². The number of imidazole rings is 1. The van der Waals surface area contributed by atoms with E-state index in [1.807, 2.05) is 29.8 Å². The molecule has 1 aliphatic heterocycles. The molecular formula is C16H17ClN4OS. The Morgan fingerprint density at radius 1 is 1.43 bits per heavy atom. The van der Waals surface area contributed by atoms with E-state index in [9.17, 15) is 0 Å². The van der Waals surface area contributed by atoms with Crippen molar-refractivity contribution in [3.05, 3.63) is 45.6 Å². The van der Waals surface area contributed by atoms with Crippen LogP contribution in [0.3, 0.4) is 0 Å². The maximum absolute atomic E-state index is 6.07. The smallest absolute Gasteiger partial charge is 0.123 e. The van der Waals surface area contributed by atoms with Crippen LogP contribution in [0.25, 0.3) is 11.0 Å². The summed E-state index contributed by atoms with van der Waals surface area (Å²) >= 11 is 7.71. The van der Waals surface area contributed by atoms with Crippen LogP contribution >= 0.6 is 22.9 Å². The van der Waals surface area contributed by atoms with E-state index in [1.54, 1.807) is 11.3 Å². The third-order valence-electron chi connectivity index (χ3n) is 4.18. The van der Waals surface area contributed by atoms with Gasteiger partial charge >= 0.3 is 0 Å². The van der Waals surface area contributed by atoms with Gasteiger partial charge in [0.05, 0.1) is 24.2 Å². The van der Waals surface area contributed by atoms with E-state index in [2.05, 4.69) is 21.5 Å². The van der Waals surface area contributed by atoms with Crippen LogP contribution in [0.1, 0.15) is 16.9 Å². The number of morpholine rings is 1. The van der Waals surface area contributed by atoms with Crippen LogP contribution in [-0.2, 0) is 18.3 Å². The summed E-state index contributed by atoms with van der Waals surface area (Å²) in [5.41, 5.74) is 2.05. The fourth-order valence-electron chi connectivity index (χ4n) is 2.95. The summed E-state index contributed by atoms with van der Waals surface area (Å²) < 4.78 is 8.00. The quantitative estimate of drug-likeness (QED) is 0.728. The predicted molar refractivity (Wildman–Crippen MR) is 91.8 cm³/mol. The molecule has 4 rings (SSSR count). The van der Waals surface area contributed by atoms with E-state index in [0.717, 1.165) is 53.1 Å². The van der Waals surface area contributed by atoms with Crippen molar-refractivity contribution in [3.8, 4) is 0 Å². The summed E-state index contributed by atoms with van der Waals surface area (Å²) in [4.78, 5) is 11.5. The van der Waals surface area contributed by atoms with Gasteiger partial charge in [-0.2, -0.15) is 0 Å². The van der Waals surface area contributed by atoms with Crippen molar-refractivity contribution in [3.63, 3.8) is 0 Å². The number of aromatic nitrogens is 3. The van der Waals surface area contributed by atoms with Gasteiger partial charge in [-0.25, -0.2) is 9.97 Å². The third kappa shape index (κ3) is 2.99. The monoisotopic (exact) mass is 348 g/mol. The van der Waals surface area contributed by atoms with E-state index in [1.165, 1.54) is 0 Å². The summed E-state index contributed by atoms with van der Waals surface area (Å²) in [5, 5.41) is 3.76. The minimum Gasteiger partial charge on any atom is -0.368 e.